The van der Waals surface area contributed by atoms with E-state index in [0.29, 0.717) is 10.0 Å². The topological polar surface area (TPSA) is 17.8 Å². The second-order valence-corrected chi connectivity index (χ2v) is 6.82. The van der Waals surface area contributed by atoms with Gasteiger partial charge >= 0.3 is 0 Å². The van der Waals surface area contributed by atoms with Gasteiger partial charge < -0.3 is 0 Å². The predicted octanol–water partition coefficient (Wildman–Crippen LogP) is 6.02. The zero-order chi connectivity index (χ0) is 15.3. The van der Waals surface area contributed by atoms with Gasteiger partial charge in [0, 0.05) is 21.2 Å². The Kier molecular flexibility index (Phi) is 3.76. The summed E-state index contributed by atoms with van der Waals surface area (Å²) in [5.41, 5.74) is 4.90. The number of nitrogens with zero attached hydrogens (tertiary/aromatic N) is 2. The largest absolute Gasteiger partial charge is 0.295 e. The molecule has 0 N–H and O–H groups in total. The van der Waals surface area contributed by atoms with Crippen molar-refractivity contribution in [2.24, 2.45) is 0 Å². The minimum atomic E-state index is 0.595. The summed E-state index contributed by atoms with van der Waals surface area (Å²) < 4.78 is 2.89. The monoisotopic (exact) mass is 382 g/mol. The van der Waals surface area contributed by atoms with Crippen LogP contribution in [0.2, 0.25) is 10.0 Å². The van der Waals surface area contributed by atoms with Crippen LogP contribution in [0, 0.1) is 20.8 Å². The van der Waals surface area contributed by atoms with Gasteiger partial charge in [-0.2, -0.15) is 0 Å². The fourth-order valence-corrected chi connectivity index (χ4v) is 3.93. The lowest BCUT2D eigenvalue weighted by Gasteiger charge is -2.13. The zero-order valence-electron chi connectivity index (χ0n) is 11.8. The Hall–Kier alpha value is -1.03. The van der Waals surface area contributed by atoms with E-state index in [1.807, 2.05) is 29.7 Å². The van der Waals surface area contributed by atoms with Gasteiger partial charge in [0.2, 0.25) is 0 Å². The lowest BCUT2D eigenvalue weighted by atomic mass is 10.2. The fraction of sp³-hybridized carbons (Fsp3) is 0.188. The number of rotatable bonds is 1. The minimum Gasteiger partial charge on any atom is -0.295 e. The lowest BCUT2D eigenvalue weighted by molar-refractivity contribution is 1.01. The van der Waals surface area contributed by atoms with Crippen LogP contribution in [0.4, 0.5) is 0 Å². The van der Waals surface area contributed by atoms with Crippen LogP contribution >= 0.6 is 39.1 Å². The Morgan fingerprint density at radius 2 is 1.67 bits per heavy atom. The highest BCUT2D eigenvalue weighted by molar-refractivity contribution is 9.10. The number of aryl methyl sites for hydroxylation is 2. The van der Waals surface area contributed by atoms with Crippen molar-refractivity contribution in [3.05, 3.63) is 55.7 Å². The summed E-state index contributed by atoms with van der Waals surface area (Å²) in [6.45, 7) is 6.12. The molecule has 3 aromatic rings. The van der Waals surface area contributed by atoms with E-state index in [-0.39, 0.29) is 0 Å². The first-order chi connectivity index (χ1) is 9.90. The summed E-state index contributed by atoms with van der Waals surface area (Å²) in [5.74, 6) is 0. The van der Waals surface area contributed by atoms with E-state index in [1.54, 1.807) is 0 Å². The standard InChI is InChI=1S/C16H13BrCl2N2/c1-8-4-5-12-9(2)10(3)21(16(12)20-8)15-13(18)6-11(17)7-14(15)19/h4-7H,1-3H3. The molecule has 0 atom stereocenters. The second-order valence-electron chi connectivity index (χ2n) is 5.09. The van der Waals surface area contributed by atoms with E-state index in [0.717, 1.165) is 32.6 Å². The Morgan fingerprint density at radius 3 is 2.29 bits per heavy atom. The highest BCUT2D eigenvalue weighted by Crippen LogP contribution is 2.37. The van der Waals surface area contributed by atoms with E-state index in [1.165, 1.54) is 5.56 Å². The lowest BCUT2D eigenvalue weighted by Crippen LogP contribution is -2.01. The minimum absolute atomic E-state index is 0.595. The zero-order valence-corrected chi connectivity index (χ0v) is 14.9. The first kappa shape index (κ1) is 14.9. The molecule has 0 unspecified atom stereocenters. The van der Waals surface area contributed by atoms with Crippen LogP contribution in [-0.4, -0.2) is 9.55 Å². The first-order valence-electron chi connectivity index (χ1n) is 6.50. The summed E-state index contributed by atoms with van der Waals surface area (Å²) >= 11 is 16.3. The van der Waals surface area contributed by atoms with Gasteiger partial charge in [-0.1, -0.05) is 39.1 Å². The van der Waals surface area contributed by atoms with Crippen molar-refractivity contribution < 1.29 is 0 Å². The summed E-state index contributed by atoms with van der Waals surface area (Å²) in [7, 11) is 0. The molecule has 108 valence electrons. The molecule has 0 aliphatic rings. The number of hydrogen-bond donors (Lipinski definition) is 0. The Bertz CT molecular complexity index is 845. The van der Waals surface area contributed by atoms with Crippen molar-refractivity contribution in [1.29, 1.82) is 0 Å². The maximum Gasteiger partial charge on any atom is 0.145 e. The Labute approximate surface area is 141 Å². The SMILES string of the molecule is Cc1ccc2c(C)c(C)n(-c3c(Cl)cc(Br)cc3Cl)c2n1. The van der Waals surface area contributed by atoms with Gasteiger partial charge in [-0.3, -0.25) is 4.57 Å². The van der Waals surface area contributed by atoms with Crippen LogP contribution in [-0.2, 0) is 0 Å². The molecule has 0 bridgehead atoms. The van der Waals surface area contributed by atoms with E-state index < -0.39 is 0 Å². The smallest absolute Gasteiger partial charge is 0.145 e. The Balaban J connectivity index is 2.46. The van der Waals surface area contributed by atoms with E-state index in [4.69, 9.17) is 23.2 Å². The van der Waals surface area contributed by atoms with Crippen molar-refractivity contribution >= 4 is 50.2 Å². The fourth-order valence-electron chi connectivity index (χ4n) is 2.55. The molecule has 0 aliphatic carbocycles. The van der Waals surface area contributed by atoms with Crippen LogP contribution in [0.3, 0.4) is 0 Å². The van der Waals surface area contributed by atoms with Crippen LogP contribution in [0.25, 0.3) is 16.7 Å². The van der Waals surface area contributed by atoms with Crippen LogP contribution in [0.5, 0.6) is 0 Å². The van der Waals surface area contributed by atoms with Gasteiger partial charge in [0.25, 0.3) is 0 Å². The average molecular weight is 384 g/mol. The molecule has 0 spiro atoms. The molecular weight excluding hydrogens is 371 g/mol. The number of pyridine rings is 1. The van der Waals surface area contributed by atoms with Gasteiger partial charge in [0.05, 0.1) is 15.7 Å². The molecule has 21 heavy (non-hydrogen) atoms. The normalized spacial score (nSPS) is 11.3. The van der Waals surface area contributed by atoms with Gasteiger partial charge in [-0.15, -0.1) is 0 Å². The molecule has 3 rings (SSSR count). The number of benzene rings is 1. The molecule has 2 heterocycles. The molecule has 2 aromatic heterocycles. The van der Waals surface area contributed by atoms with Gasteiger partial charge in [-0.05, 0) is 50.6 Å². The molecule has 0 radical (unpaired) electrons. The average Bonchev–Trinajstić information content (AvgIpc) is 2.62. The summed E-state index contributed by atoms with van der Waals surface area (Å²) in [6, 6.07) is 7.80. The van der Waals surface area contributed by atoms with Crippen molar-refractivity contribution in [2.75, 3.05) is 0 Å². The van der Waals surface area contributed by atoms with Crippen LogP contribution < -0.4 is 0 Å². The number of fused-ring (bicyclic) bond motifs is 1. The van der Waals surface area contributed by atoms with Crippen molar-refractivity contribution in [3.63, 3.8) is 0 Å². The third-order valence-electron chi connectivity index (χ3n) is 3.71. The second kappa shape index (κ2) is 5.31. The quantitative estimate of drug-likeness (QED) is 0.502. The maximum absolute atomic E-state index is 6.43. The first-order valence-corrected chi connectivity index (χ1v) is 8.05. The molecule has 0 fully saturated rings. The van der Waals surface area contributed by atoms with Crippen molar-refractivity contribution in [3.8, 4) is 5.69 Å². The predicted molar refractivity (Wildman–Crippen MR) is 93.0 cm³/mol. The van der Waals surface area contributed by atoms with Gasteiger partial charge in [0.1, 0.15) is 5.65 Å². The van der Waals surface area contributed by atoms with E-state index >= 15 is 0 Å². The molecular formula is C16H13BrCl2N2. The molecule has 0 saturated carbocycles. The highest BCUT2D eigenvalue weighted by Gasteiger charge is 2.18. The number of halogens is 3. The molecule has 1 aromatic carbocycles. The molecule has 5 heteroatoms. The highest BCUT2D eigenvalue weighted by atomic mass is 79.9. The Morgan fingerprint density at radius 1 is 1.05 bits per heavy atom. The van der Waals surface area contributed by atoms with Crippen LogP contribution in [0.1, 0.15) is 17.0 Å². The van der Waals surface area contributed by atoms with E-state index in [2.05, 4.69) is 40.8 Å². The van der Waals surface area contributed by atoms with Gasteiger partial charge in [0.15, 0.2) is 0 Å². The summed E-state index contributed by atoms with van der Waals surface area (Å²) in [6.07, 6.45) is 0. The van der Waals surface area contributed by atoms with Crippen molar-refractivity contribution in [2.45, 2.75) is 20.8 Å². The van der Waals surface area contributed by atoms with Gasteiger partial charge in [-0.25, -0.2) is 4.98 Å². The summed E-state index contributed by atoms with van der Waals surface area (Å²) in [4.78, 5) is 4.67. The third kappa shape index (κ3) is 2.37. The maximum atomic E-state index is 6.43. The number of aromatic nitrogens is 2. The molecule has 0 saturated heterocycles. The van der Waals surface area contributed by atoms with E-state index in [9.17, 15) is 0 Å². The van der Waals surface area contributed by atoms with Crippen molar-refractivity contribution in [1.82, 2.24) is 9.55 Å². The van der Waals surface area contributed by atoms with Crippen LogP contribution in [0.15, 0.2) is 28.7 Å². The number of hydrogen-bond acceptors (Lipinski definition) is 1. The third-order valence-corrected chi connectivity index (χ3v) is 4.75. The molecule has 2 nitrogen and oxygen atoms in total. The summed E-state index contributed by atoms with van der Waals surface area (Å²) in [5, 5.41) is 2.31. The molecule has 0 amide bonds. The molecule has 0 aliphatic heterocycles.